The van der Waals surface area contributed by atoms with Crippen molar-refractivity contribution in [2.24, 2.45) is 0 Å². The summed E-state index contributed by atoms with van der Waals surface area (Å²) in [6.07, 6.45) is 4.05. The molecule has 3 aliphatic rings. The zero-order valence-corrected chi connectivity index (χ0v) is 17.9. The summed E-state index contributed by atoms with van der Waals surface area (Å²) in [7, 11) is 1.64. The highest BCUT2D eigenvalue weighted by molar-refractivity contribution is 6.07. The van der Waals surface area contributed by atoms with Crippen LogP contribution in [0.2, 0.25) is 0 Å². The number of urea groups is 1. The van der Waals surface area contributed by atoms with E-state index in [1.54, 1.807) is 12.0 Å². The Labute approximate surface area is 173 Å². The molecule has 2 aliphatic heterocycles. The number of likely N-dealkylation sites (tertiary alicyclic amines) is 1. The lowest BCUT2D eigenvalue weighted by Gasteiger charge is -2.44. The number of carbonyl (C=O) groups excluding carboxylic acids is 2. The normalized spacial score (nSPS) is 23.3. The molecule has 3 amide bonds. The molecule has 6 nitrogen and oxygen atoms in total. The quantitative estimate of drug-likeness (QED) is 0.690. The Morgan fingerprint density at radius 1 is 1.14 bits per heavy atom. The number of fused-ring (bicyclic) bond motifs is 1. The lowest BCUT2D eigenvalue weighted by molar-refractivity contribution is -0.137. The van der Waals surface area contributed by atoms with E-state index >= 15 is 0 Å². The van der Waals surface area contributed by atoms with Crippen LogP contribution in [0.4, 0.5) is 4.79 Å². The number of ether oxygens (including phenoxy) is 1. The van der Waals surface area contributed by atoms with Gasteiger partial charge in [0.2, 0.25) is 0 Å². The molecule has 0 aromatic heterocycles. The molecule has 1 aliphatic carbocycles. The molecule has 4 rings (SSSR count). The third-order valence-corrected chi connectivity index (χ3v) is 7.32. The predicted molar refractivity (Wildman–Crippen MR) is 112 cm³/mol. The van der Waals surface area contributed by atoms with Crippen molar-refractivity contribution in [1.82, 2.24) is 14.7 Å². The number of benzene rings is 1. The lowest BCUT2D eigenvalue weighted by Crippen LogP contribution is -2.58. The maximum Gasteiger partial charge on any atom is 0.328 e. The number of piperidine rings is 1. The zero-order chi connectivity index (χ0) is 20.6. The van der Waals surface area contributed by atoms with Gasteiger partial charge in [-0.3, -0.25) is 9.69 Å². The highest BCUT2D eigenvalue weighted by atomic mass is 16.5. The van der Waals surface area contributed by atoms with Crippen molar-refractivity contribution in [3.8, 4) is 0 Å². The first-order valence-corrected chi connectivity index (χ1v) is 11.0. The minimum absolute atomic E-state index is 0.0141. The molecule has 158 valence electrons. The second-order valence-electron chi connectivity index (χ2n) is 8.76. The molecule has 0 saturated carbocycles. The molecule has 1 atom stereocenters. The van der Waals surface area contributed by atoms with E-state index in [0.717, 1.165) is 32.4 Å². The Kier molecular flexibility index (Phi) is 5.67. The SMILES string of the molecule is CC[C@@H](C)N1CCC2(CC1)C(=O)N(C1Cc3ccccc3C1)C(=O)N2CCOC. The Bertz CT molecular complexity index is 747. The van der Waals surface area contributed by atoms with Gasteiger partial charge in [0.05, 0.1) is 6.61 Å². The Balaban J connectivity index is 1.58. The third kappa shape index (κ3) is 3.36. The molecule has 1 aromatic rings. The first-order chi connectivity index (χ1) is 14.0. The van der Waals surface area contributed by atoms with Crippen LogP contribution in [-0.2, 0) is 22.4 Å². The standard InChI is InChI=1S/C23H33N3O3/c1-4-17(2)24-11-9-23(10-12-24)21(27)26(22(28)25(23)13-14-29-3)20-15-18-7-5-6-8-19(18)16-20/h5-8,17,20H,4,9-16H2,1-3H3/t17-/m1/s1. The summed E-state index contributed by atoms with van der Waals surface area (Å²) in [4.78, 5) is 33.1. The second kappa shape index (κ2) is 8.07. The average molecular weight is 400 g/mol. The summed E-state index contributed by atoms with van der Waals surface area (Å²) >= 11 is 0. The summed E-state index contributed by atoms with van der Waals surface area (Å²) in [6.45, 7) is 7.08. The van der Waals surface area contributed by atoms with Crippen molar-refractivity contribution in [2.75, 3.05) is 33.4 Å². The maximum atomic E-state index is 13.8. The summed E-state index contributed by atoms with van der Waals surface area (Å²) in [5.41, 5.74) is 1.82. The predicted octanol–water partition coefficient (Wildman–Crippen LogP) is 2.70. The number of rotatable bonds is 6. The van der Waals surface area contributed by atoms with Gasteiger partial charge in [0.1, 0.15) is 5.54 Å². The van der Waals surface area contributed by atoms with E-state index in [1.165, 1.54) is 11.1 Å². The second-order valence-corrected chi connectivity index (χ2v) is 8.76. The number of carbonyl (C=O) groups is 2. The van der Waals surface area contributed by atoms with Crippen LogP contribution in [0.1, 0.15) is 44.2 Å². The van der Waals surface area contributed by atoms with Gasteiger partial charge in [-0.15, -0.1) is 0 Å². The van der Waals surface area contributed by atoms with Crippen molar-refractivity contribution in [3.05, 3.63) is 35.4 Å². The molecule has 29 heavy (non-hydrogen) atoms. The number of amides is 3. The van der Waals surface area contributed by atoms with Gasteiger partial charge in [0.15, 0.2) is 0 Å². The van der Waals surface area contributed by atoms with Gasteiger partial charge in [0, 0.05) is 38.8 Å². The van der Waals surface area contributed by atoms with Gasteiger partial charge in [0.25, 0.3) is 5.91 Å². The largest absolute Gasteiger partial charge is 0.383 e. The van der Waals surface area contributed by atoms with Gasteiger partial charge < -0.3 is 14.5 Å². The van der Waals surface area contributed by atoms with E-state index in [2.05, 4.69) is 30.9 Å². The first kappa shape index (κ1) is 20.4. The smallest absolute Gasteiger partial charge is 0.328 e. The Hall–Kier alpha value is -1.92. The number of hydrogen-bond donors (Lipinski definition) is 0. The highest BCUT2D eigenvalue weighted by Crippen LogP contribution is 2.40. The molecule has 1 spiro atoms. The fourth-order valence-electron chi connectivity index (χ4n) is 5.35. The van der Waals surface area contributed by atoms with E-state index in [0.29, 0.717) is 32.0 Å². The highest BCUT2D eigenvalue weighted by Gasteiger charge is 2.59. The minimum atomic E-state index is -0.700. The van der Waals surface area contributed by atoms with Crippen molar-refractivity contribution >= 4 is 11.9 Å². The molecule has 2 saturated heterocycles. The molecular formula is C23H33N3O3. The fraction of sp³-hybridized carbons (Fsp3) is 0.652. The molecule has 2 fully saturated rings. The van der Waals surface area contributed by atoms with Crippen LogP contribution >= 0.6 is 0 Å². The van der Waals surface area contributed by atoms with Gasteiger partial charge >= 0.3 is 6.03 Å². The van der Waals surface area contributed by atoms with E-state index in [-0.39, 0.29) is 18.0 Å². The van der Waals surface area contributed by atoms with Gasteiger partial charge in [-0.25, -0.2) is 4.79 Å². The minimum Gasteiger partial charge on any atom is -0.383 e. The average Bonchev–Trinajstić information content (AvgIpc) is 3.24. The summed E-state index contributed by atoms with van der Waals surface area (Å²) in [5.74, 6) is 0.0141. The summed E-state index contributed by atoms with van der Waals surface area (Å²) < 4.78 is 5.28. The van der Waals surface area contributed by atoms with Crippen LogP contribution < -0.4 is 0 Å². The molecule has 0 bridgehead atoms. The van der Waals surface area contributed by atoms with Crippen LogP contribution in [0, 0.1) is 0 Å². The van der Waals surface area contributed by atoms with Crippen LogP contribution in [0.3, 0.4) is 0 Å². The van der Waals surface area contributed by atoms with Gasteiger partial charge in [-0.05, 0) is 50.2 Å². The molecule has 0 unspecified atom stereocenters. The number of nitrogens with zero attached hydrogens (tertiary/aromatic N) is 3. The van der Waals surface area contributed by atoms with E-state index in [4.69, 9.17) is 4.74 Å². The fourth-order valence-corrected chi connectivity index (χ4v) is 5.35. The molecule has 6 heteroatoms. The van der Waals surface area contributed by atoms with Crippen molar-refractivity contribution < 1.29 is 14.3 Å². The number of methoxy groups -OCH3 is 1. The Morgan fingerprint density at radius 2 is 1.76 bits per heavy atom. The van der Waals surface area contributed by atoms with Crippen molar-refractivity contribution in [2.45, 2.75) is 63.6 Å². The Morgan fingerprint density at radius 3 is 2.31 bits per heavy atom. The van der Waals surface area contributed by atoms with Gasteiger partial charge in [-0.2, -0.15) is 0 Å². The van der Waals surface area contributed by atoms with Crippen LogP contribution in [0.5, 0.6) is 0 Å². The zero-order valence-electron chi connectivity index (χ0n) is 17.9. The topological polar surface area (TPSA) is 53.1 Å². The first-order valence-electron chi connectivity index (χ1n) is 11.0. The van der Waals surface area contributed by atoms with E-state index < -0.39 is 5.54 Å². The molecular weight excluding hydrogens is 366 g/mol. The summed E-state index contributed by atoms with van der Waals surface area (Å²) in [5, 5.41) is 0. The van der Waals surface area contributed by atoms with Crippen molar-refractivity contribution in [1.29, 1.82) is 0 Å². The van der Waals surface area contributed by atoms with Crippen LogP contribution in [-0.4, -0.2) is 77.6 Å². The number of imide groups is 1. The van der Waals surface area contributed by atoms with E-state index in [9.17, 15) is 9.59 Å². The molecule has 1 aromatic carbocycles. The van der Waals surface area contributed by atoms with Crippen molar-refractivity contribution in [3.63, 3.8) is 0 Å². The monoisotopic (exact) mass is 399 g/mol. The van der Waals surface area contributed by atoms with Crippen LogP contribution in [0.25, 0.3) is 0 Å². The molecule has 2 heterocycles. The lowest BCUT2D eigenvalue weighted by atomic mass is 9.85. The summed E-state index contributed by atoms with van der Waals surface area (Å²) in [6, 6.07) is 8.61. The third-order valence-electron chi connectivity index (χ3n) is 7.32. The van der Waals surface area contributed by atoms with E-state index in [1.807, 2.05) is 17.0 Å². The van der Waals surface area contributed by atoms with Gasteiger partial charge in [-0.1, -0.05) is 31.2 Å². The number of hydrogen-bond acceptors (Lipinski definition) is 4. The molecule has 0 radical (unpaired) electrons. The molecule has 0 N–H and O–H groups in total. The maximum absolute atomic E-state index is 13.8. The van der Waals surface area contributed by atoms with Crippen LogP contribution in [0.15, 0.2) is 24.3 Å².